The van der Waals surface area contributed by atoms with Crippen LogP contribution in [-0.4, -0.2) is 12.2 Å². The molecule has 0 spiro atoms. The number of rotatable bonds is 4. The zero-order valence-corrected chi connectivity index (χ0v) is 13.9. The summed E-state index contributed by atoms with van der Waals surface area (Å²) in [7, 11) is 1.59. The van der Waals surface area contributed by atoms with Crippen LogP contribution in [0, 0.1) is 12.7 Å². The zero-order chi connectivity index (χ0) is 15.6. The van der Waals surface area contributed by atoms with Crippen molar-refractivity contribution in [2.24, 2.45) is 0 Å². The minimum absolute atomic E-state index is 0.311. The molecule has 0 saturated heterocycles. The molecular weight excluding hydrogens is 335 g/mol. The fraction of sp³-hybridized carbons (Fsp3) is 0.294. The van der Waals surface area contributed by atoms with E-state index in [4.69, 9.17) is 4.74 Å². The quantitative estimate of drug-likeness (QED) is 0.885. The molecule has 4 heteroatoms. The van der Waals surface area contributed by atoms with Crippen molar-refractivity contribution in [2.75, 3.05) is 7.11 Å². The smallest absolute Gasteiger partial charge is 0.126 e. The van der Waals surface area contributed by atoms with E-state index in [-0.39, 0.29) is 5.82 Å². The summed E-state index contributed by atoms with van der Waals surface area (Å²) < 4.78 is 19.9. The number of aryl methyl sites for hydroxylation is 1. The number of hydrogen-bond donors (Lipinski definition) is 1. The Kier molecular flexibility index (Phi) is 4.69. The average molecular weight is 353 g/mol. The van der Waals surface area contributed by atoms with Gasteiger partial charge in [0.2, 0.25) is 0 Å². The molecule has 0 heterocycles. The van der Waals surface area contributed by atoms with E-state index >= 15 is 0 Å². The minimum atomic E-state index is -1.18. The Hall–Kier alpha value is -1.39. The lowest BCUT2D eigenvalue weighted by Gasteiger charge is -2.25. The summed E-state index contributed by atoms with van der Waals surface area (Å²) in [5.41, 5.74) is 0.794. The summed E-state index contributed by atoms with van der Waals surface area (Å²) in [5, 5.41) is 10.7. The van der Waals surface area contributed by atoms with Gasteiger partial charge in [0.25, 0.3) is 0 Å². The van der Waals surface area contributed by atoms with Crippen molar-refractivity contribution in [3.63, 3.8) is 0 Å². The Labute approximate surface area is 132 Å². The highest BCUT2D eigenvalue weighted by Gasteiger charge is 2.26. The predicted molar refractivity (Wildman–Crippen MR) is 85.1 cm³/mol. The van der Waals surface area contributed by atoms with Crippen LogP contribution in [0.3, 0.4) is 0 Å². The van der Waals surface area contributed by atoms with Gasteiger partial charge in [-0.25, -0.2) is 4.39 Å². The van der Waals surface area contributed by atoms with E-state index in [1.54, 1.807) is 33.1 Å². The summed E-state index contributed by atoms with van der Waals surface area (Å²) in [6.07, 6.45) is 0.331. The molecule has 0 saturated carbocycles. The minimum Gasteiger partial charge on any atom is -0.496 e. The second-order valence-corrected chi connectivity index (χ2v) is 6.29. The molecule has 0 aliphatic rings. The zero-order valence-electron chi connectivity index (χ0n) is 12.3. The SMILES string of the molecule is COc1ccc(Br)cc1CC(C)(O)c1ccc(C)c(F)c1. The van der Waals surface area contributed by atoms with Gasteiger partial charge in [0.1, 0.15) is 11.6 Å². The molecule has 2 rings (SSSR count). The van der Waals surface area contributed by atoms with Crippen molar-refractivity contribution in [2.45, 2.75) is 25.9 Å². The van der Waals surface area contributed by atoms with Crippen LogP contribution < -0.4 is 4.74 Å². The summed E-state index contributed by atoms with van der Waals surface area (Å²) in [5.74, 6) is 0.389. The van der Waals surface area contributed by atoms with Crippen LogP contribution in [0.1, 0.15) is 23.6 Å². The van der Waals surface area contributed by atoms with Gasteiger partial charge in [0, 0.05) is 10.9 Å². The molecule has 1 unspecified atom stereocenters. The summed E-state index contributed by atoms with van der Waals surface area (Å²) in [6, 6.07) is 10.4. The average Bonchev–Trinajstić information content (AvgIpc) is 2.41. The van der Waals surface area contributed by atoms with E-state index in [1.165, 1.54) is 6.07 Å². The lowest BCUT2D eigenvalue weighted by Crippen LogP contribution is -2.24. The highest BCUT2D eigenvalue weighted by Crippen LogP contribution is 2.32. The van der Waals surface area contributed by atoms with Crippen LogP contribution in [0.5, 0.6) is 5.75 Å². The lowest BCUT2D eigenvalue weighted by atomic mass is 9.88. The molecule has 112 valence electrons. The van der Waals surface area contributed by atoms with Gasteiger partial charge in [0.15, 0.2) is 0 Å². The van der Waals surface area contributed by atoms with Crippen molar-refractivity contribution in [3.8, 4) is 5.75 Å². The Morgan fingerprint density at radius 2 is 1.95 bits per heavy atom. The van der Waals surface area contributed by atoms with E-state index in [0.29, 0.717) is 23.3 Å². The first kappa shape index (κ1) is 16.0. The maximum atomic E-state index is 13.7. The molecule has 0 radical (unpaired) electrons. The molecule has 2 aromatic carbocycles. The molecule has 0 aliphatic carbocycles. The van der Waals surface area contributed by atoms with Crippen LogP contribution >= 0.6 is 15.9 Å². The highest BCUT2D eigenvalue weighted by molar-refractivity contribution is 9.10. The van der Waals surface area contributed by atoms with Gasteiger partial charge < -0.3 is 9.84 Å². The fourth-order valence-electron chi connectivity index (χ4n) is 2.29. The van der Waals surface area contributed by atoms with Crippen LogP contribution in [0.2, 0.25) is 0 Å². The first-order valence-electron chi connectivity index (χ1n) is 6.65. The standard InChI is InChI=1S/C17H18BrFO2/c1-11-4-5-13(9-15(11)19)17(2,20)10-12-8-14(18)6-7-16(12)21-3/h4-9,20H,10H2,1-3H3. The summed E-state index contributed by atoms with van der Waals surface area (Å²) >= 11 is 3.41. The molecule has 0 bridgehead atoms. The molecule has 0 aliphatic heterocycles. The largest absolute Gasteiger partial charge is 0.496 e. The topological polar surface area (TPSA) is 29.5 Å². The lowest BCUT2D eigenvalue weighted by molar-refractivity contribution is 0.0566. The molecule has 0 fully saturated rings. The molecule has 21 heavy (non-hydrogen) atoms. The number of benzene rings is 2. The molecule has 2 nitrogen and oxygen atoms in total. The van der Waals surface area contributed by atoms with Gasteiger partial charge in [-0.05, 0) is 54.8 Å². The monoisotopic (exact) mass is 352 g/mol. The molecule has 1 N–H and O–H groups in total. The van der Waals surface area contributed by atoms with Crippen molar-refractivity contribution in [3.05, 3.63) is 63.4 Å². The highest BCUT2D eigenvalue weighted by atomic mass is 79.9. The number of halogens is 2. The molecule has 0 amide bonds. The van der Waals surface area contributed by atoms with E-state index in [2.05, 4.69) is 15.9 Å². The molecule has 1 atom stereocenters. The van der Waals surface area contributed by atoms with E-state index in [0.717, 1.165) is 10.0 Å². The molecule has 2 aromatic rings. The van der Waals surface area contributed by atoms with Crippen molar-refractivity contribution in [1.82, 2.24) is 0 Å². The van der Waals surface area contributed by atoms with Crippen LogP contribution in [0.15, 0.2) is 40.9 Å². The van der Waals surface area contributed by atoms with Crippen LogP contribution in [0.25, 0.3) is 0 Å². The van der Waals surface area contributed by atoms with E-state index < -0.39 is 5.60 Å². The maximum absolute atomic E-state index is 13.7. The van der Waals surface area contributed by atoms with Crippen LogP contribution in [0.4, 0.5) is 4.39 Å². The van der Waals surface area contributed by atoms with Crippen molar-refractivity contribution >= 4 is 15.9 Å². The van der Waals surface area contributed by atoms with Crippen molar-refractivity contribution < 1.29 is 14.2 Å². The van der Waals surface area contributed by atoms with Gasteiger partial charge in [-0.1, -0.05) is 28.1 Å². The van der Waals surface area contributed by atoms with Crippen molar-refractivity contribution in [1.29, 1.82) is 0 Å². The number of hydrogen-bond acceptors (Lipinski definition) is 2. The van der Waals surface area contributed by atoms with Gasteiger partial charge in [-0.2, -0.15) is 0 Å². The number of aliphatic hydroxyl groups is 1. The molecular formula is C17H18BrFO2. The third kappa shape index (κ3) is 3.63. The Morgan fingerprint density at radius 1 is 1.24 bits per heavy atom. The fourth-order valence-corrected chi connectivity index (χ4v) is 2.69. The predicted octanol–water partition coefficient (Wildman–Crippen LogP) is 4.36. The summed E-state index contributed by atoms with van der Waals surface area (Å²) in [6.45, 7) is 3.38. The van der Waals surface area contributed by atoms with Gasteiger partial charge in [0.05, 0.1) is 12.7 Å². The van der Waals surface area contributed by atoms with Gasteiger partial charge in [-0.15, -0.1) is 0 Å². The van der Waals surface area contributed by atoms with Gasteiger partial charge >= 0.3 is 0 Å². The van der Waals surface area contributed by atoms with Crippen LogP contribution in [-0.2, 0) is 12.0 Å². The van der Waals surface area contributed by atoms with Gasteiger partial charge in [-0.3, -0.25) is 0 Å². The second kappa shape index (κ2) is 6.16. The Bertz CT molecular complexity index is 653. The first-order chi connectivity index (χ1) is 9.83. The van der Waals surface area contributed by atoms with E-state index in [9.17, 15) is 9.50 Å². The third-order valence-electron chi connectivity index (χ3n) is 3.57. The summed E-state index contributed by atoms with van der Waals surface area (Å²) in [4.78, 5) is 0. The number of ether oxygens (including phenoxy) is 1. The molecule has 0 aromatic heterocycles. The Balaban J connectivity index is 2.36. The maximum Gasteiger partial charge on any atom is 0.126 e. The first-order valence-corrected chi connectivity index (χ1v) is 7.44. The third-order valence-corrected chi connectivity index (χ3v) is 4.06. The number of methoxy groups -OCH3 is 1. The second-order valence-electron chi connectivity index (χ2n) is 5.37. The normalized spacial score (nSPS) is 13.8. The van der Waals surface area contributed by atoms with E-state index in [1.807, 2.05) is 18.2 Å². The Morgan fingerprint density at radius 3 is 2.57 bits per heavy atom.